The molecule has 2 heterocycles. The molecule has 0 radical (unpaired) electrons. The van der Waals surface area contributed by atoms with Crippen LogP contribution in [0.5, 0.6) is 0 Å². The second kappa shape index (κ2) is 6.85. The van der Waals surface area contributed by atoms with E-state index in [9.17, 15) is 24.6 Å². The molecule has 0 aromatic heterocycles. The Morgan fingerprint density at radius 2 is 2.08 bits per heavy atom. The van der Waals surface area contributed by atoms with Crippen LogP contribution in [-0.2, 0) is 19.1 Å². The van der Waals surface area contributed by atoms with E-state index in [2.05, 4.69) is 0 Å². The van der Waals surface area contributed by atoms with Gasteiger partial charge in [0.1, 0.15) is 11.7 Å². The molecule has 24 heavy (non-hydrogen) atoms. The second-order valence-corrected chi connectivity index (χ2v) is 6.05. The number of fused-ring (bicyclic) bond motifs is 1. The fourth-order valence-electron chi connectivity index (χ4n) is 3.14. The molecule has 0 aliphatic carbocycles. The Hall–Kier alpha value is -2.01. The van der Waals surface area contributed by atoms with Gasteiger partial charge in [0.05, 0.1) is 30.8 Å². The summed E-state index contributed by atoms with van der Waals surface area (Å²) in [6, 6.07) is -1.38. The van der Waals surface area contributed by atoms with Crippen LogP contribution >= 0.6 is 0 Å². The first-order valence-corrected chi connectivity index (χ1v) is 7.54. The van der Waals surface area contributed by atoms with Gasteiger partial charge in [-0.15, -0.1) is 0 Å². The highest BCUT2D eigenvalue weighted by molar-refractivity contribution is 5.99. The molecular formula is C14H22N4O6. The molecule has 5 unspecified atom stereocenters. The maximum Gasteiger partial charge on any atom is 0.352 e. The second-order valence-electron chi connectivity index (χ2n) is 6.05. The largest absolute Gasteiger partial charge is 0.477 e. The third kappa shape index (κ3) is 3.00. The average molecular weight is 342 g/mol. The van der Waals surface area contributed by atoms with Gasteiger partial charge >= 0.3 is 5.97 Å². The number of aliphatic carboxylic acids is 1. The summed E-state index contributed by atoms with van der Waals surface area (Å²) in [5.41, 5.74) is 7.88. The number of hydrogen-bond acceptors (Lipinski definition) is 7. The van der Waals surface area contributed by atoms with E-state index in [4.69, 9.17) is 16.3 Å². The molecule has 0 aromatic carbocycles. The summed E-state index contributed by atoms with van der Waals surface area (Å²) in [4.78, 5) is 36.1. The van der Waals surface area contributed by atoms with Gasteiger partial charge in [-0.05, 0) is 25.8 Å². The topological polar surface area (TPSA) is 168 Å². The maximum absolute atomic E-state index is 12.1. The van der Waals surface area contributed by atoms with Crippen LogP contribution in [0, 0.1) is 5.92 Å². The highest BCUT2D eigenvalue weighted by atomic mass is 16.5. The molecule has 10 heteroatoms. The lowest BCUT2D eigenvalue weighted by molar-refractivity contribution is -0.161. The molecule has 2 aliphatic heterocycles. The van der Waals surface area contributed by atoms with Crippen molar-refractivity contribution in [3.63, 3.8) is 0 Å². The third-order valence-corrected chi connectivity index (χ3v) is 4.49. The van der Waals surface area contributed by atoms with Gasteiger partial charge in [-0.3, -0.25) is 15.0 Å². The Kier molecular flexibility index (Phi) is 5.23. The summed E-state index contributed by atoms with van der Waals surface area (Å²) >= 11 is 0. The smallest absolute Gasteiger partial charge is 0.352 e. The van der Waals surface area contributed by atoms with Crippen molar-refractivity contribution in [2.75, 3.05) is 6.61 Å². The Bertz CT molecular complexity index is 590. The maximum atomic E-state index is 12.1. The van der Waals surface area contributed by atoms with Crippen LogP contribution in [0.1, 0.15) is 20.3 Å². The van der Waals surface area contributed by atoms with Gasteiger partial charge < -0.3 is 25.6 Å². The molecule has 134 valence electrons. The van der Waals surface area contributed by atoms with E-state index < -0.39 is 42.0 Å². The molecule has 2 rings (SSSR count). The summed E-state index contributed by atoms with van der Waals surface area (Å²) in [7, 11) is 0. The lowest BCUT2D eigenvalue weighted by Gasteiger charge is -2.44. The van der Waals surface area contributed by atoms with Crippen LogP contribution in [-0.4, -0.2) is 63.8 Å². The summed E-state index contributed by atoms with van der Waals surface area (Å²) in [6.45, 7) is 2.98. The zero-order chi connectivity index (χ0) is 18.2. The number of rotatable bonds is 7. The van der Waals surface area contributed by atoms with E-state index in [1.165, 1.54) is 11.8 Å². The minimum atomic E-state index is -1.23. The molecule has 1 fully saturated rings. The molecule has 5 atom stereocenters. The van der Waals surface area contributed by atoms with E-state index in [0.717, 1.165) is 0 Å². The van der Waals surface area contributed by atoms with Gasteiger partial charge in [-0.1, -0.05) is 0 Å². The molecule has 2 aliphatic rings. The fourth-order valence-corrected chi connectivity index (χ4v) is 3.14. The van der Waals surface area contributed by atoms with Gasteiger partial charge in [0.2, 0.25) is 5.91 Å². The molecule has 7 N–H and O–H groups in total. The van der Waals surface area contributed by atoms with Gasteiger partial charge in [-0.2, -0.15) is 0 Å². The van der Waals surface area contributed by atoms with Crippen LogP contribution in [0.25, 0.3) is 0 Å². The number of amides is 2. The number of carbonyl (C=O) groups is 3. The van der Waals surface area contributed by atoms with E-state index in [-0.39, 0.29) is 18.3 Å². The number of nitrogens with one attached hydrogen (secondary N) is 1. The zero-order valence-electron chi connectivity index (χ0n) is 13.4. The van der Waals surface area contributed by atoms with Crippen molar-refractivity contribution in [3.8, 4) is 0 Å². The van der Waals surface area contributed by atoms with Crippen LogP contribution in [0.3, 0.4) is 0 Å². The molecule has 2 amide bonds. The zero-order valence-corrected chi connectivity index (χ0v) is 13.4. The van der Waals surface area contributed by atoms with Crippen LogP contribution < -0.4 is 17.0 Å². The first kappa shape index (κ1) is 18.3. The molecule has 0 aromatic rings. The molecule has 0 spiro atoms. The molecule has 0 saturated carbocycles. The number of hydrogen-bond donors (Lipinski definition) is 5. The highest BCUT2D eigenvalue weighted by Gasteiger charge is 2.56. The molecular weight excluding hydrogens is 320 g/mol. The van der Waals surface area contributed by atoms with Crippen molar-refractivity contribution < 1.29 is 29.3 Å². The number of carbonyl (C=O) groups excluding carboxylic acids is 2. The van der Waals surface area contributed by atoms with Crippen molar-refractivity contribution in [2.45, 2.75) is 44.6 Å². The molecule has 0 bridgehead atoms. The van der Waals surface area contributed by atoms with Crippen molar-refractivity contribution in [2.24, 2.45) is 17.5 Å². The minimum Gasteiger partial charge on any atom is -0.477 e. The third-order valence-electron chi connectivity index (χ3n) is 4.49. The normalized spacial score (nSPS) is 26.5. The highest BCUT2D eigenvalue weighted by Crippen LogP contribution is 2.43. The van der Waals surface area contributed by atoms with Crippen LogP contribution in [0.4, 0.5) is 0 Å². The van der Waals surface area contributed by atoms with Crippen LogP contribution in [0.2, 0.25) is 0 Å². The number of nitrogens with zero attached hydrogens (tertiary/aromatic N) is 1. The SMILES string of the molecule is CC(O)C1C(=O)N2C(C(=O)O)=C(COC(C)C(N)C(=O)NN)CC12. The summed E-state index contributed by atoms with van der Waals surface area (Å²) in [6.07, 6.45) is -1.25. The number of aliphatic hydroxyl groups excluding tert-OH is 1. The van der Waals surface area contributed by atoms with Crippen molar-refractivity contribution in [1.29, 1.82) is 0 Å². The van der Waals surface area contributed by atoms with Crippen LogP contribution in [0.15, 0.2) is 11.3 Å². The van der Waals surface area contributed by atoms with Gasteiger partial charge in [0, 0.05) is 0 Å². The lowest BCUT2D eigenvalue weighted by atomic mass is 9.83. The molecule has 1 saturated heterocycles. The number of ether oxygens (including phenoxy) is 1. The summed E-state index contributed by atoms with van der Waals surface area (Å²) in [5.74, 6) is 2.15. The number of carboxylic acid groups (broad SMARTS) is 1. The first-order chi connectivity index (χ1) is 11.2. The number of hydrazine groups is 1. The lowest BCUT2D eigenvalue weighted by Crippen LogP contribution is -2.61. The van der Waals surface area contributed by atoms with Crippen molar-refractivity contribution in [1.82, 2.24) is 10.3 Å². The van der Waals surface area contributed by atoms with E-state index >= 15 is 0 Å². The monoisotopic (exact) mass is 342 g/mol. The quantitative estimate of drug-likeness (QED) is 0.148. The summed E-state index contributed by atoms with van der Waals surface area (Å²) in [5, 5.41) is 19.0. The first-order valence-electron chi connectivity index (χ1n) is 7.54. The Balaban J connectivity index is 2.08. The number of nitrogens with two attached hydrogens (primary N) is 2. The minimum absolute atomic E-state index is 0.0822. The van der Waals surface area contributed by atoms with Crippen molar-refractivity contribution >= 4 is 17.8 Å². The number of carboxylic acids is 1. The number of aliphatic hydroxyl groups is 1. The Morgan fingerprint density at radius 3 is 2.58 bits per heavy atom. The van der Waals surface area contributed by atoms with Gasteiger partial charge in [0.15, 0.2) is 0 Å². The average Bonchev–Trinajstić information content (AvgIpc) is 2.85. The predicted molar refractivity (Wildman–Crippen MR) is 80.8 cm³/mol. The van der Waals surface area contributed by atoms with Gasteiger partial charge in [0.25, 0.3) is 5.91 Å². The van der Waals surface area contributed by atoms with E-state index in [1.807, 2.05) is 5.43 Å². The number of β-lactam (4-membered cyclic amide) rings is 1. The predicted octanol–water partition coefficient (Wildman–Crippen LogP) is -2.34. The standard InChI is InChI=1S/C14H22N4O6/c1-5(19)9-8-3-7(11(14(22)23)18(8)13(9)21)4-24-6(2)10(15)12(20)17-16/h5-6,8-10,19H,3-4,15-16H2,1-2H3,(H,17,20)(H,22,23). The van der Waals surface area contributed by atoms with Gasteiger partial charge in [-0.25, -0.2) is 10.6 Å². The molecule has 10 nitrogen and oxygen atoms in total. The van der Waals surface area contributed by atoms with E-state index in [0.29, 0.717) is 12.0 Å². The van der Waals surface area contributed by atoms with Crippen molar-refractivity contribution in [3.05, 3.63) is 11.3 Å². The fraction of sp³-hybridized carbons (Fsp3) is 0.643. The van der Waals surface area contributed by atoms with E-state index in [1.54, 1.807) is 6.92 Å². The Morgan fingerprint density at radius 1 is 1.46 bits per heavy atom. The Labute approximate surface area is 138 Å². The summed E-state index contributed by atoms with van der Waals surface area (Å²) < 4.78 is 5.48.